The molecule has 0 heterocycles. The first-order chi connectivity index (χ1) is 15.4. The van der Waals surface area contributed by atoms with Gasteiger partial charge in [-0.1, -0.05) is 48.5 Å². The minimum Gasteiger partial charge on any atom is -0.479 e. The third kappa shape index (κ3) is 4.60. The maximum atomic E-state index is 12.4. The minimum atomic E-state index is -1.15. The van der Waals surface area contributed by atoms with Gasteiger partial charge < -0.3 is 15.2 Å². The van der Waals surface area contributed by atoms with E-state index in [9.17, 15) is 14.4 Å². The molecule has 32 heavy (non-hydrogen) atoms. The highest BCUT2D eigenvalue weighted by molar-refractivity contribution is 5.80. The van der Waals surface area contributed by atoms with E-state index >= 15 is 0 Å². The van der Waals surface area contributed by atoms with Crippen LogP contribution in [0.15, 0.2) is 48.5 Å². The summed E-state index contributed by atoms with van der Waals surface area (Å²) in [6.07, 6.45) is 1.20. The molecular weight excluding hydrogens is 412 g/mol. The van der Waals surface area contributed by atoms with Gasteiger partial charge in [0.2, 0.25) is 5.91 Å². The molecule has 2 aromatic carbocycles. The first-order valence-corrected chi connectivity index (χ1v) is 10.7. The van der Waals surface area contributed by atoms with Gasteiger partial charge in [0, 0.05) is 24.9 Å². The molecule has 0 saturated heterocycles. The molecule has 0 bridgehead atoms. The number of carbonyl (C=O) groups excluding carboxylic acids is 2. The number of benzene rings is 2. The van der Waals surface area contributed by atoms with Crippen LogP contribution in [0.5, 0.6) is 0 Å². The van der Waals surface area contributed by atoms with Gasteiger partial charge in [0.05, 0.1) is 0 Å². The Morgan fingerprint density at radius 1 is 1.03 bits per heavy atom. The van der Waals surface area contributed by atoms with Crippen LogP contribution < -0.4 is 5.32 Å². The number of rotatable bonds is 7. The van der Waals surface area contributed by atoms with E-state index in [1.807, 2.05) is 24.3 Å². The average molecular weight is 438 g/mol. The van der Waals surface area contributed by atoms with Crippen molar-refractivity contribution in [3.8, 4) is 11.1 Å². The summed E-state index contributed by atoms with van der Waals surface area (Å²) in [6.45, 7) is -0.336. The van der Waals surface area contributed by atoms with Gasteiger partial charge in [0.25, 0.3) is 0 Å². The predicted octanol–water partition coefficient (Wildman–Crippen LogP) is 3.17. The van der Waals surface area contributed by atoms with E-state index in [0.717, 1.165) is 16.2 Å². The number of hydroxylamine groups is 2. The Labute approximate surface area is 186 Å². The molecule has 0 spiro atoms. The van der Waals surface area contributed by atoms with Crippen LogP contribution in [0.1, 0.15) is 36.3 Å². The molecule has 2 amide bonds. The van der Waals surface area contributed by atoms with Gasteiger partial charge in [-0.15, -0.1) is 0 Å². The van der Waals surface area contributed by atoms with Gasteiger partial charge >= 0.3 is 12.1 Å². The molecule has 2 aromatic rings. The summed E-state index contributed by atoms with van der Waals surface area (Å²) in [4.78, 5) is 40.3. The number of alkyl carbamates (subject to hydrolysis) is 1. The molecule has 2 aliphatic carbocycles. The number of carbonyl (C=O) groups is 3. The highest BCUT2D eigenvalue weighted by Gasteiger charge is 2.34. The number of amides is 2. The Morgan fingerprint density at radius 2 is 1.66 bits per heavy atom. The lowest BCUT2D eigenvalue weighted by Crippen LogP contribution is -2.36. The average Bonchev–Trinajstić information content (AvgIpc) is 3.38. The number of nitrogens with zero attached hydrogens (tertiary/aromatic N) is 1. The van der Waals surface area contributed by atoms with Gasteiger partial charge in [-0.25, -0.2) is 14.7 Å². The monoisotopic (exact) mass is 438 g/mol. The molecule has 8 nitrogen and oxygen atoms in total. The molecule has 1 saturated carbocycles. The fraction of sp³-hybridized carbons (Fsp3) is 0.375. The SMILES string of the molecule is CN(OCC(=O)O)C(=O)C1CCC(NC(=O)OCC2c3ccccc3-c3ccccc32)C1. The van der Waals surface area contributed by atoms with Crippen molar-refractivity contribution >= 4 is 18.0 Å². The van der Waals surface area contributed by atoms with E-state index in [1.165, 1.54) is 18.2 Å². The zero-order valence-electron chi connectivity index (χ0n) is 17.8. The van der Waals surface area contributed by atoms with Crippen molar-refractivity contribution in [1.29, 1.82) is 0 Å². The second kappa shape index (κ2) is 9.40. The maximum absolute atomic E-state index is 12.4. The molecule has 168 valence electrons. The van der Waals surface area contributed by atoms with Crippen molar-refractivity contribution in [3.05, 3.63) is 59.7 Å². The van der Waals surface area contributed by atoms with Crippen molar-refractivity contribution in [2.45, 2.75) is 31.2 Å². The molecule has 0 aliphatic heterocycles. The highest BCUT2D eigenvalue weighted by Crippen LogP contribution is 2.44. The minimum absolute atomic E-state index is 0.00825. The van der Waals surface area contributed by atoms with Crippen LogP contribution in [0.2, 0.25) is 0 Å². The molecule has 2 aliphatic rings. The van der Waals surface area contributed by atoms with E-state index in [4.69, 9.17) is 14.7 Å². The third-order valence-corrected chi connectivity index (χ3v) is 6.14. The lowest BCUT2D eigenvalue weighted by atomic mass is 9.98. The van der Waals surface area contributed by atoms with E-state index in [0.29, 0.717) is 19.3 Å². The van der Waals surface area contributed by atoms with E-state index < -0.39 is 18.7 Å². The van der Waals surface area contributed by atoms with Crippen molar-refractivity contribution in [2.75, 3.05) is 20.3 Å². The summed E-state index contributed by atoms with van der Waals surface area (Å²) in [5.74, 6) is -1.77. The number of hydrogen-bond donors (Lipinski definition) is 2. The van der Waals surface area contributed by atoms with E-state index in [-0.39, 0.29) is 30.4 Å². The summed E-state index contributed by atoms with van der Waals surface area (Å²) in [6, 6.07) is 16.1. The first-order valence-electron chi connectivity index (χ1n) is 10.7. The van der Waals surface area contributed by atoms with Crippen LogP contribution in [-0.4, -0.2) is 54.4 Å². The smallest absolute Gasteiger partial charge is 0.407 e. The molecule has 2 N–H and O–H groups in total. The number of ether oxygens (including phenoxy) is 1. The molecule has 8 heteroatoms. The number of fused-ring (bicyclic) bond motifs is 3. The Hall–Kier alpha value is -3.39. The maximum Gasteiger partial charge on any atom is 0.407 e. The van der Waals surface area contributed by atoms with Crippen LogP contribution in [0.3, 0.4) is 0 Å². The molecule has 0 radical (unpaired) electrons. The van der Waals surface area contributed by atoms with Gasteiger partial charge in [-0.3, -0.25) is 9.63 Å². The van der Waals surface area contributed by atoms with Crippen molar-refractivity contribution in [1.82, 2.24) is 10.4 Å². The fourth-order valence-electron chi connectivity index (χ4n) is 4.62. The Bertz CT molecular complexity index is 978. The lowest BCUT2D eigenvalue weighted by Gasteiger charge is -2.20. The summed E-state index contributed by atoms with van der Waals surface area (Å²) < 4.78 is 5.57. The third-order valence-electron chi connectivity index (χ3n) is 6.14. The van der Waals surface area contributed by atoms with Crippen LogP contribution in [0, 0.1) is 5.92 Å². The van der Waals surface area contributed by atoms with Gasteiger partial charge in [0.1, 0.15) is 6.61 Å². The summed E-state index contributed by atoms with van der Waals surface area (Å²) in [7, 11) is 1.40. The normalized spacial score (nSPS) is 19.2. The molecule has 1 fully saturated rings. The summed E-state index contributed by atoms with van der Waals surface area (Å²) >= 11 is 0. The first kappa shape index (κ1) is 21.8. The molecule has 2 atom stereocenters. The largest absolute Gasteiger partial charge is 0.479 e. The van der Waals surface area contributed by atoms with E-state index in [1.54, 1.807) is 0 Å². The zero-order chi connectivity index (χ0) is 22.7. The standard InChI is InChI=1S/C24H26N2O6/c1-26(32-14-22(27)28)23(29)15-10-11-16(12-15)25-24(30)31-13-21-19-8-4-2-6-17(19)18-7-3-5-9-20(18)21/h2-9,15-16,21H,10-14H2,1H3,(H,25,30)(H,27,28). The van der Waals surface area contributed by atoms with Crippen molar-refractivity contribution in [3.63, 3.8) is 0 Å². The number of carboxylic acids is 1. The quantitative estimate of drug-likeness (QED) is 0.644. The summed E-state index contributed by atoms with van der Waals surface area (Å²) in [5.41, 5.74) is 4.64. The van der Waals surface area contributed by atoms with Crippen LogP contribution in [0.25, 0.3) is 11.1 Å². The molecule has 2 unspecified atom stereocenters. The molecule has 4 rings (SSSR count). The van der Waals surface area contributed by atoms with E-state index in [2.05, 4.69) is 29.6 Å². The second-order valence-corrected chi connectivity index (χ2v) is 8.18. The zero-order valence-corrected chi connectivity index (χ0v) is 17.8. The lowest BCUT2D eigenvalue weighted by molar-refractivity contribution is -0.189. The Morgan fingerprint density at radius 3 is 2.28 bits per heavy atom. The number of nitrogens with one attached hydrogen (secondary N) is 1. The Balaban J connectivity index is 1.29. The van der Waals surface area contributed by atoms with Gasteiger partial charge in [-0.05, 0) is 41.5 Å². The molecule has 0 aromatic heterocycles. The fourth-order valence-corrected chi connectivity index (χ4v) is 4.62. The number of aliphatic carboxylic acids is 1. The Kier molecular flexibility index (Phi) is 6.41. The second-order valence-electron chi connectivity index (χ2n) is 8.18. The van der Waals surface area contributed by atoms with Crippen LogP contribution in [-0.2, 0) is 19.2 Å². The molecular formula is C24H26N2O6. The topological polar surface area (TPSA) is 105 Å². The van der Waals surface area contributed by atoms with Gasteiger partial charge in [-0.2, -0.15) is 0 Å². The summed E-state index contributed by atoms with van der Waals surface area (Å²) in [5, 5.41) is 12.5. The number of hydrogen-bond acceptors (Lipinski definition) is 5. The van der Waals surface area contributed by atoms with Crippen molar-refractivity contribution < 1.29 is 29.1 Å². The highest BCUT2D eigenvalue weighted by atomic mass is 16.7. The van der Waals surface area contributed by atoms with Gasteiger partial charge in [0.15, 0.2) is 6.61 Å². The number of carboxylic acid groups (broad SMARTS) is 1. The van der Waals surface area contributed by atoms with Crippen molar-refractivity contribution in [2.24, 2.45) is 5.92 Å². The van der Waals surface area contributed by atoms with Crippen LogP contribution >= 0.6 is 0 Å². The predicted molar refractivity (Wildman–Crippen MR) is 116 cm³/mol. The van der Waals surface area contributed by atoms with Crippen LogP contribution in [0.4, 0.5) is 4.79 Å².